The molecule has 0 aromatic carbocycles. The number of hydrogen-bond donors (Lipinski definition) is 4. The van der Waals surface area contributed by atoms with Gasteiger partial charge in [0.15, 0.2) is 0 Å². The van der Waals surface area contributed by atoms with Crippen molar-refractivity contribution in [2.24, 2.45) is 0 Å². The number of hydrogen-bond acceptors (Lipinski definition) is 7. The van der Waals surface area contributed by atoms with Gasteiger partial charge in [0.25, 0.3) is 20.2 Å². The van der Waals surface area contributed by atoms with E-state index in [4.69, 9.17) is 9.11 Å². The van der Waals surface area contributed by atoms with E-state index in [1.807, 2.05) is 31.4 Å². The predicted molar refractivity (Wildman–Crippen MR) is 98.9 cm³/mol. The first-order valence-corrected chi connectivity index (χ1v) is 11.2. The smallest absolute Gasteiger partial charge is 0.261 e. The van der Waals surface area contributed by atoms with Crippen LogP contribution in [0.2, 0.25) is 0 Å². The van der Waals surface area contributed by atoms with Gasteiger partial charge in [0.2, 0.25) is 0 Å². The van der Waals surface area contributed by atoms with Crippen molar-refractivity contribution >= 4 is 20.2 Å². The molecule has 11 heteroatoms. The van der Waals surface area contributed by atoms with Crippen LogP contribution < -0.4 is 10.6 Å². The number of nitrogens with zero attached hydrogens (tertiary/aromatic N) is 1. The van der Waals surface area contributed by atoms with Crippen LogP contribution in [0.25, 0.3) is 0 Å². The van der Waals surface area contributed by atoms with E-state index in [1.54, 1.807) is 0 Å². The van der Waals surface area contributed by atoms with Crippen molar-refractivity contribution in [3.8, 4) is 0 Å². The molecule has 1 saturated heterocycles. The van der Waals surface area contributed by atoms with Crippen LogP contribution in [0.15, 0.2) is 24.4 Å². The van der Waals surface area contributed by atoms with Gasteiger partial charge < -0.3 is 10.6 Å². The predicted octanol–water partition coefficient (Wildman–Crippen LogP) is 0.221. The van der Waals surface area contributed by atoms with Gasteiger partial charge in [-0.05, 0) is 45.1 Å². The normalized spacial score (nSPS) is 13.3. The van der Waals surface area contributed by atoms with E-state index in [9.17, 15) is 16.8 Å². The molecule has 9 nitrogen and oxygen atoms in total. The molecule has 1 aliphatic heterocycles. The van der Waals surface area contributed by atoms with Gasteiger partial charge in [0.1, 0.15) is 0 Å². The minimum absolute atomic E-state index is 0.715. The summed E-state index contributed by atoms with van der Waals surface area (Å²) in [5.41, 5.74) is 1.15. The first kappa shape index (κ1) is 26.1. The largest absolute Gasteiger partial charge is 0.319 e. The Balaban J connectivity index is 0. The molecule has 148 valence electrons. The lowest BCUT2D eigenvalue weighted by Crippen LogP contribution is -2.10. The molecule has 25 heavy (non-hydrogen) atoms. The highest BCUT2D eigenvalue weighted by Crippen LogP contribution is 1.92. The molecule has 0 spiro atoms. The Kier molecular flexibility index (Phi) is 15.9. The lowest BCUT2D eigenvalue weighted by Gasteiger charge is -1.96. The topological polar surface area (TPSA) is 146 Å². The van der Waals surface area contributed by atoms with Crippen molar-refractivity contribution < 1.29 is 25.9 Å². The summed E-state index contributed by atoms with van der Waals surface area (Å²) in [6.45, 7) is 3.50. The lowest BCUT2D eigenvalue weighted by atomic mass is 10.3. The molecule has 0 unspecified atom stereocenters. The van der Waals surface area contributed by atoms with Crippen LogP contribution in [0, 0.1) is 0 Å². The van der Waals surface area contributed by atoms with Crippen LogP contribution in [-0.2, 0) is 26.7 Å². The van der Waals surface area contributed by atoms with Gasteiger partial charge in [-0.15, -0.1) is 0 Å². The van der Waals surface area contributed by atoms with Crippen molar-refractivity contribution in [1.82, 2.24) is 15.6 Å². The summed E-state index contributed by atoms with van der Waals surface area (Å²) < 4.78 is 51.7. The molecule has 2 rings (SSSR count). The van der Waals surface area contributed by atoms with Gasteiger partial charge in [-0.1, -0.05) is 6.07 Å². The maximum atomic E-state index is 9.19. The number of likely N-dealkylation sites (N-methyl/N-ethyl adjacent to an activating group) is 1. The SMILES string of the molecule is C1CCNC1.CNCCc1ccccn1.CS(=O)(=O)O.CS(=O)(=O)O. The first-order valence-electron chi connectivity index (χ1n) is 7.53. The third kappa shape index (κ3) is 39.6. The fraction of sp³-hybridized carbons (Fsp3) is 0.643. The van der Waals surface area contributed by atoms with Crippen molar-refractivity contribution in [3.05, 3.63) is 30.1 Å². The molecule has 1 aromatic heterocycles. The van der Waals surface area contributed by atoms with Crippen LogP contribution in [0.4, 0.5) is 0 Å². The van der Waals surface area contributed by atoms with Crippen molar-refractivity contribution in [3.63, 3.8) is 0 Å². The summed E-state index contributed by atoms with van der Waals surface area (Å²) in [6.07, 6.45) is 7.04. The lowest BCUT2D eigenvalue weighted by molar-refractivity contribution is 0.488. The Morgan fingerprint density at radius 1 is 1.08 bits per heavy atom. The molecule has 0 saturated carbocycles. The second-order valence-electron chi connectivity index (χ2n) is 5.10. The molecule has 1 aliphatic rings. The molecule has 2 heterocycles. The summed E-state index contributed by atoms with van der Waals surface area (Å²) in [6, 6.07) is 5.98. The first-order chi connectivity index (χ1) is 11.4. The molecule has 0 amide bonds. The fourth-order valence-corrected chi connectivity index (χ4v) is 1.42. The fourth-order valence-electron chi connectivity index (χ4n) is 1.42. The van der Waals surface area contributed by atoms with Gasteiger partial charge in [-0.25, -0.2) is 0 Å². The van der Waals surface area contributed by atoms with E-state index in [0.717, 1.165) is 18.7 Å². The Bertz CT molecular complexity index is 564. The summed E-state index contributed by atoms with van der Waals surface area (Å²) >= 11 is 0. The summed E-state index contributed by atoms with van der Waals surface area (Å²) in [4.78, 5) is 4.18. The monoisotopic (exact) mass is 399 g/mol. The molecule has 0 aliphatic carbocycles. The van der Waals surface area contributed by atoms with Gasteiger partial charge >= 0.3 is 0 Å². The third-order valence-electron chi connectivity index (χ3n) is 2.31. The van der Waals surface area contributed by atoms with E-state index in [0.29, 0.717) is 12.5 Å². The molecule has 0 atom stereocenters. The van der Waals surface area contributed by atoms with Crippen LogP contribution >= 0.6 is 0 Å². The molecule has 0 radical (unpaired) electrons. The number of aromatic nitrogens is 1. The Morgan fingerprint density at radius 3 is 1.84 bits per heavy atom. The average Bonchev–Trinajstić information content (AvgIpc) is 3.02. The van der Waals surface area contributed by atoms with Crippen molar-refractivity contribution in [2.45, 2.75) is 19.3 Å². The quantitative estimate of drug-likeness (QED) is 0.524. The third-order valence-corrected chi connectivity index (χ3v) is 2.31. The second kappa shape index (κ2) is 15.2. The van der Waals surface area contributed by atoms with E-state index in [2.05, 4.69) is 15.6 Å². The highest BCUT2D eigenvalue weighted by molar-refractivity contribution is 7.85. The van der Waals surface area contributed by atoms with Crippen LogP contribution in [0.5, 0.6) is 0 Å². The maximum Gasteiger partial charge on any atom is 0.261 e. The number of pyridine rings is 1. The molecule has 0 bridgehead atoms. The highest BCUT2D eigenvalue weighted by atomic mass is 32.2. The van der Waals surface area contributed by atoms with Crippen LogP contribution in [0.3, 0.4) is 0 Å². The molecular weight excluding hydrogens is 370 g/mol. The van der Waals surface area contributed by atoms with Crippen molar-refractivity contribution in [2.75, 3.05) is 39.2 Å². The molecule has 4 N–H and O–H groups in total. The zero-order chi connectivity index (χ0) is 19.8. The minimum atomic E-state index is -3.67. The molecule has 1 fully saturated rings. The van der Waals surface area contributed by atoms with E-state index in [1.165, 1.54) is 25.9 Å². The highest BCUT2D eigenvalue weighted by Gasteiger charge is 1.93. The van der Waals surface area contributed by atoms with E-state index < -0.39 is 20.2 Å². The standard InChI is InChI=1S/C8H12N2.C4H9N.2CH4O3S/c1-9-7-5-8-4-2-3-6-10-8;1-2-4-5-3-1;2*1-5(2,3)4/h2-4,6,9H,5,7H2,1H3;5H,1-4H2;2*1H3,(H,2,3,4). The second-order valence-corrected chi connectivity index (χ2v) is 8.03. The zero-order valence-corrected chi connectivity index (χ0v) is 16.5. The summed E-state index contributed by atoms with van der Waals surface area (Å²) in [5.74, 6) is 0. The summed E-state index contributed by atoms with van der Waals surface area (Å²) in [7, 11) is -5.39. The Hall–Kier alpha value is -1.11. The van der Waals surface area contributed by atoms with Gasteiger partial charge in [-0.2, -0.15) is 16.8 Å². The van der Waals surface area contributed by atoms with Crippen molar-refractivity contribution in [1.29, 1.82) is 0 Å². The number of nitrogens with one attached hydrogen (secondary N) is 2. The zero-order valence-electron chi connectivity index (χ0n) is 14.8. The number of rotatable bonds is 3. The van der Waals surface area contributed by atoms with Gasteiger partial charge in [0.05, 0.1) is 12.5 Å². The summed E-state index contributed by atoms with van der Waals surface area (Å²) in [5, 5.41) is 6.30. The average molecular weight is 400 g/mol. The maximum absolute atomic E-state index is 9.19. The van der Waals surface area contributed by atoms with Crippen LogP contribution in [0.1, 0.15) is 18.5 Å². The van der Waals surface area contributed by atoms with E-state index >= 15 is 0 Å². The Morgan fingerprint density at radius 2 is 1.56 bits per heavy atom. The van der Waals surface area contributed by atoms with Crippen LogP contribution in [-0.4, -0.2) is 70.1 Å². The van der Waals surface area contributed by atoms with Gasteiger partial charge in [-0.3, -0.25) is 14.1 Å². The minimum Gasteiger partial charge on any atom is -0.319 e. The van der Waals surface area contributed by atoms with E-state index in [-0.39, 0.29) is 0 Å². The molecular formula is C14H29N3O6S2. The molecule has 1 aromatic rings. The Labute approximate surface area is 150 Å². The van der Waals surface area contributed by atoms with Gasteiger partial charge in [0, 0.05) is 24.9 Å².